The predicted molar refractivity (Wildman–Crippen MR) is 88.9 cm³/mol. The molecule has 0 saturated heterocycles. The van der Waals surface area contributed by atoms with Crippen LogP contribution in [-0.2, 0) is 6.54 Å². The van der Waals surface area contributed by atoms with Crippen molar-refractivity contribution in [1.29, 1.82) is 0 Å². The van der Waals surface area contributed by atoms with Gasteiger partial charge in [-0.05, 0) is 48.4 Å². The van der Waals surface area contributed by atoms with Crippen molar-refractivity contribution in [1.82, 2.24) is 5.32 Å². The maximum Gasteiger partial charge on any atom is 0.339 e. The van der Waals surface area contributed by atoms with E-state index >= 15 is 0 Å². The Hall–Kier alpha value is -3.02. The summed E-state index contributed by atoms with van der Waals surface area (Å²) in [6, 6.07) is 9.97. The monoisotopic (exact) mass is 329 g/mol. The average Bonchev–Trinajstić information content (AvgIpc) is 2.59. The number of benzene rings is 2. The van der Waals surface area contributed by atoms with Crippen LogP contribution in [0.3, 0.4) is 0 Å². The van der Waals surface area contributed by atoms with Crippen LogP contribution < -0.4 is 14.8 Å². The van der Waals surface area contributed by atoms with Crippen LogP contribution in [0.1, 0.15) is 31.8 Å². The Balaban J connectivity index is 2.12. The molecule has 0 aliphatic heterocycles. The minimum atomic E-state index is -1.08. The van der Waals surface area contributed by atoms with Gasteiger partial charge in [0.1, 0.15) is 17.1 Å². The number of methoxy groups -OCH3 is 2. The smallest absolute Gasteiger partial charge is 0.339 e. The molecule has 0 fully saturated rings. The van der Waals surface area contributed by atoms with Crippen molar-refractivity contribution >= 4 is 11.9 Å². The average molecular weight is 329 g/mol. The zero-order valence-electron chi connectivity index (χ0n) is 13.8. The number of carboxylic acid groups (broad SMARTS) is 1. The van der Waals surface area contributed by atoms with Crippen LogP contribution in [0.4, 0.5) is 0 Å². The fourth-order valence-corrected chi connectivity index (χ4v) is 2.33. The zero-order chi connectivity index (χ0) is 17.7. The molecule has 0 spiro atoms. The summed E-state index contributed by atoms with van der Waals surface area (Å²) in [6.07, 6.45) is 0. The van der Waals surface area contributed by atoms with Gasteiger partial charge in [-0.25, -0.2) is 4.79 Å². The van der Waals surface area contributed by atoms with Crippen molar-refractivity contribution in [3.63, 3.8) is 0 Å². The fourth-order valence-electron chi connectivity index (χ4n) is 2.33. The minimum Gasteiger partial charge on any atom is -0.497 e. The molecule has 1 amide bonds. The summed E-state index contributed by atoms with van der Waals surface area (Å²) in [7, 11) is 2.98. The van der Waals surface area contributed by atoms with Crippen LogP contribution in [0.5, 0.6) is 11.5 Å². The second kappa shape index (κ2) is 7.50. The molecule has 0 aliphatic carbocycles. The number of hydrogen-bond acceptors (Lipinski definition) is 4. The molecule has 6 nitrogen and oxygen atoms in total. The van der Waals surface area contributed by atoms with E-state index in [1.807, 2.05) is 6.92 Å². The molecule has 24 heavy (non-hydrogen) atoms. The molecule has 2 aromatic carbocycles. The molecule has 2 aromatic rings. The number of carboxylic acids is 1. The van der Waals surface area contributed by atoms with E-state index in [1.165, 1.54) is 13.2 Å². The van der Waals surface area contributed by atoms with Gasteiger partial charge in [-0.15, -0.1) is 0 Å². The molecule has 126 valence electrons. The molecule has 2 N–H and O–H groups in total. The SMILES string of the molecule is COc1ccc(C(=O)NCc2ccc(OC)c(C(=O)O)c2)c(C)c1. The van der Waals surface area contributed by atoms with Gasteiger partial charge in [0, 0.05) is 12.1 Å². The third kappa shape index (κ3) is 3.84. The molecular formula is C18H19NO5. The van der Waals surface area contributed by atoms with Crippen molar-refractivity contribution in [2.75, 3.05) is 14.2 Å². The molecule has 6 heteroatoms. The highest BCUT2D eigenvalue weighted by molar-refractivity contribution is 5.96. The summed E-state index contributed by atoms with van der Waals surface area (Å²) in [5, 5.41) is 12.0. The van der Waals surface area contributed by atoms with E-state index in [-0.39, 0.29) is 23.8 Å². The van der Waals surface area contributed by atoms with Gasteiger partial charge in [0.05, 0.1) is 14.2 Å². The molecule has 0 atom stereocenters. The minimum absolute atomic E-state index is 0.0601. The molecule has 0 aliphatic rings. The standard InChI is InChI=1S/C18H19NO5/c1-11-8-13(23-2)5-6-14(11)17(20)19-10-12-4-7-16(24-3)15(9-12)18(21)22/h4-9H,10H2,1-3H3,(H,19,20)(H,21,22). The highest BCUT2D eigenvalue weighted by Crippen LogP contribution is 2.20. The van der Waals surface area contributed by atoms with E-state index in [2.05, 4.69) is 5.32 Å². The predicted octanol–water partition coefficient (Wildman–Crippen LogP) is 2.64. The van der Waals surface area contributed by atoms with E-state index in [0.29, 0.717) is 16.9 Å². The van der Waals surface area contributed by atoms with Gasteiger partial charge < -0.3 is 19.9 Å². The van der Waals surface area contributed by atoms with E-state index in [0.717, 1.165) is 5.56 Å². The summed E-state index contributed by atoms with van der Waals surface area (Å²) in [6.45, 7) is 2.04. The second-order valence-electron chi connectivity index (χ2n) is 5.20. The van der Waals surface area contributed by atoms with Crippen LogP contribution in [0, 0.1) is 6.92 Å². The largest absolute Gasteiger partial charge is 0.497 e. The molecule has 2 rings (SSSR count). The third-order valence-electron chi connectivity index (χ3n) is 3.63. The first-order chi connectivity index (χ1) is 11.5. The van der Waals surface area contributed by atoms with Crippen LogP contribution in [0.2, 0.25) is 0 Å². The van der Waals surface area contributed by atoms with Crippen LogP contribution in [0.25, 0.3) is 0 Å². The fraction of sp³-hybridized carbons (Fsp3) is 0.222. The Kier molecular flexibility index (Phi) is 5.42. The highest BCUT2D eigenvalue weighted by atomic mass is 16.5. The first-order valence-electron chi connectivity index (χ1n) is 7.29. The maximum absolute atomic E-state index is 12.3. The van der Waals surface area contributed by atoms with Crippen molar-refractivity contribution in [3.8, 4) is 11.5 Å². The van der Waals surface area contributed by atoms with Gasteiger partial charge in [0.25, 0.3) is 5.91 Å². The molecule has 0 saturated carbocycles. The van der Waals surface area contributed by atoms with Crippen LogP contribution in [0.15, 0.2) is 36.4 Å². The normalized spacial score (nSPS) is 10.1. The second-order valence-corrected chi connectivity index (χ2v) is 5.20. The molecule has 0 aromatic heterocycles. The van der Waals surface area contributed by atoms with Gasteiger partial charge in [0.15, 0.2) is 0 Å². The highest BCUT2D eigenvalue weighted by Gasteiger charge is 2.13. The molecule has 0 bridgehead atoms. The summed E-state index contributed by atoms with van der Waals surface area (Å²) < 4.78 is 10.1. The van der Waals surface area contributed by atoms with E-state index in [1.54, 1.807) is 37.4 Å². The number of carbonyl (C=O) groups is 2. The Morgan fingerprint density at radius 2 is 1.79 bits per heavy atom. The quantitative estimate of drug-likeness (QED) is 0.851. The molecule has 0 radical (unpaired) electrons. The Morgan fingerprint density at radius 1 is 1.04 bits per heavy atom. The maximum atomic E-state index is 12.3. The molecule has 0 unspecified atom stereocenters. The zero-order valence-corrected chi connectivity index (χ0v) is 13.8. The molecule has 0 heterocycles. The summed E-state index contributed by atoms with van der Waals surface area (Å²) in [4.78, 5) is 23.5. The van der Waals surface area contributed by atoms with Gasteiger partial charge in [-0.3, -0.25) is 4.79 Å². The van der Waals surface area contributed by atoms with Crippen LogP contribution in [-0.4, -0.2) is 31.2 Å². The summed E-state index contributed by atoms with van der Waals surface area (Å²) in [5.74, 6) is -0.345. The number of hydrogen-bond donors (Lipinski definition) is 2. The lowest BCUT2D eigenvalue weighted by atomic mass is 10.1. The van der Waals surface area contributed by atoms with E-state index < -0.39 is 5.97 Å². The number of aryl methyl sites for hydroxylation is 1. The van der Waals surface area contributed by atoms with Crippen molar-refractivity contribution in [2.45, 2.75) is 13.5 Å². The van der Waals surface area contributed by atoms with Crippen LogP contribution >= 0.6 is 0 Å². The summed E-state index contributed by atoms with van der Waals surface area (Å²) >= 11 is 0. The van der Waals surface area contributed by atoms with E-state index in [4.69, 9.17) is 9.47 Å². The first kappa shape index (κ1) is 17.3. The number of rotatable bonds is 6. The number of aromatic carboxylic acids is 1. The third-order valence-corrected chi connectivity index (χ3v) is 3.63. The molecular weight excluding hydrogens is 310 g/mol. The van der Waals surface area contributed by atoms with Crippen molar-refractivity contribution < 1.29 is 24.2 Å². The first-order valence-corrected chi connectivity index (χ1v) is 7.29. The number of carbonyl (C=O) groups excluding carboxylic acids is 1. The lowest BCUT2D eigenvalue weighted by Crippen LogP contribution is -2.23. The van der Waals surface area contributed by atoms with Crippen molar-refractivity contribution in [3.05, 3.63) is 58.7 Å². The Bertz CT molecular complexity index is 770. The number of ether oxygens (including phenoxy) is 2. The lowest BCUT2D eigenvalue weighted by molar-refractivity contribution is 0.0693. The topological polar surface area (TPSA) is 84.9 Å². The Labute approximate surface area is 140 Å². The Morgan fingerprint density at radius 3 is 2.38 bits per heavy atom. The number of nitrogens with one attached hydrogen (secondary N) is 1. The number of amides is 1. The van der Waals surface area contributed by atoms with Crippen molar-refractivity contribution in [2.24, 2.45) is 0 Å². The van der Waals surface area contributed by atoms with Gasteiger partial charge in [0.2, 0.25) is 0 Å². The lowest BCUT2D eigenvalue weighted by Gasteiger charge is -2.11. The summed E-state index contributed by atoms with van der Waals surface area (Å²) in [5.41, 5.74) is 2.08. The van der Waals surface area contributed by atoms with Gasteiger partial charge in [-0.1, -0.05) is 6.07 Å². The van der Waals surface area contributed by atoms with Gasteiger partial charge >= 0.3 is 5.97 Å². The van der Waals surface area contributed by atoms with Gasteiger partial charge in [-0.2, -0.15) is 0 Å². The van der Waals surface area contributed by atoms with E-state index in [9.17, 15) is 14.7 Å².